The van der Waals surface area contributed by atoms with Crippen LogP contribution in [0.3, 0.4) is 0 Å². The SMILES string of the molecule is CN(C)c1ccc(C(C)(C)Oc2cc(C(O)C#Cc3ccc(C(=O)O)cc3)cc3c2C(C)(C)CCC3(C)C)cc1. The van der Waals surface area contributed by atoms with Gasteiger partial charge in [-0.05, 0) is 96.7 Å². The third-order valence-corrected chi connectivity index (χ3v) is 8.15. The lowest BCUT2D eigenvalue weighted by Gasteiger charge is -2.44. The lowest BCUT2D eigenvalue weighted by atomic mass is 9.62. The number of benzene rings is 3. The smallest absolute Gasteiger partial charge is 0.335 e. The van der Waals surface area contributed by atoms with Gasteiger partial charge in [-0.25, -0.2) is 4.79 Å². The molecule has 2 N–H and O–H groups in total. The van der Waals surface area contributed by atoms with Gasteiger partial charge in [0.05, 0.1) is 5.56 Å². The third-order valence-electron chi connectivity index (χ3n) is 8.15. The minimum absolute atomic E-state index is 0.0870. The number of carboxylic acids is 1. The summed E-state index contributed by atoms with van der Waals surface area (Å²) in [4.78, 5) is 13.2. The summed E-state index contributed by atoms with van der Waals surface area (Å²) in [6.45, 7) is 13.2. The number of hydrogen-bond donors (Lipinski definition) is 2. The standard InChI is InChI=1S/C35H41NO4/c1-33(2)19-20-34(3,4)31-28(33)21-25(29(37)18-11-23-9-12-24(13-10-23)32(38)39)22-30(31)40-35(5,6)26-14-16-27(17-15-26)36(7)8/h9-10,12-17,21-22,29,37H,19-20H2,1-8H3,(H,38,39). The number of ether oxygens (including phenoxy) is 1. The molecule has 0 saturated heterocycles. The fourth-order valence-corrected chi connectivity index (χ4v) is 5.42. The molecular weight excluding hydrogens is 498 g/mol. The second-order valence-corrected chi connectivity index (χ2v) is 12.8. The van der Waals surface area contributed by atoms with Gasteiger partial charge in [0.1, 0.15) is 17.5 Å². The number of anilines is 1. The topological polar surface area (TPSA) is 70.0 Å². The lowest BCUT2D eigenvalue weighted by molar-refractivity contribution is 0.0696. The molecule has 1 unspecified atom stereocenters. The zero-order valence-electron chi connectivity index (χ0n) is 24.9. The van der Waals surface area contributed by atoms with E-state index < -0.39 is 17.7 Å². The summed E-state index contributed by atoms with van der Waals surface area (Å²) in [6.07, 6.45) is 1.04. The summed E-state index contributed by atoms with van der Waals surface area (Å²) in [5, 5.41) is 20.4. The van der Waals surface area contributed by atoms with Crippen molar-refractivity contribution < 1.29 is 19.7 Å². The Morgan fingerprint density at radius 2 is 1.55 bits per heavy atom. The van der Waals surface area contributed by atoms with Crippen LogP contribution in [0, 0.1) is 11.8 Å². The Morgan fingerprint density at radius 3 is 2.12 bits per heavy atom. The maximum absolute atomic E-state index is 11.2. The van der Waals surface area contributed by atoms with Crippen molar-refractivity contribution >= 4 is 11.7 Å². The summed E-state index contributed by atoms with van der Waals surface area (Å²) < 4.78 is 6.88. The van der Waals surface area contributed by atoms with Crippen molar-refractivity contribution in [2.24, 2.45) is 0 Å². The van der Waals surface area contributed by atoms with Crippen molar-refractivity contribution in [1.82, 2.24) is 0 Å². The second kappa shape index (κ2) is 10.7. The molecule has 5 nitrogen and oxygen atoms in total. The van der Waals surface area contributed by atoms with E-state index in [0.717, 1.165) is 29.8 Å². The predicted octanol–water partition coefficient (Wildman–Crippen LogP) is 7.20. The predicted molar refractivity (Wildman–Crippen MR) is 161 cm³/mol. The van der Waals surface area contributed by atoms with E-state index in [1.165, 1.54) is 23.3 Å². The van der Waals surface area contributed by atoms with Crippen LogP contribution in [0.15, 0.2) is 60.7 Å². The number of carbonyl (C=O) groups is 1. The molecule has 1 aliphatic rings. The first-order chi connectivity index (χ1) is 18.6. The minimum atomic E-state index is -1.03. The van der Waals surface area contributed by atoms with Crippen LogP contribution in [0.1, 0.15) is 98.7 Å². The molecule has 0 amide bonds. The average Bonchev–Trinajstić information content (AvgIpc) is 2.89. The summed E-state index contributed by atoms with van der Waals surface area (Å²) >= 11 is 0. The highest BCUT2D eigenvalue weighted by atomic mass is 16.5. The monoisotopic (exact) mass is 539 g/mol. The molecule has 4 rings (SSSR count). The van der Waals surface area contributed by atoms with Crippen LogP contribution in [0.5, 0.6) is 5.75 Å². The molecule has 1 atom stereocenters. The van der Waals surface area contributed by atoms with Gasteiger partial charge in [-0.3, -0.25) is 0 Å². The van der Waals surface area contributed by atoms with Crippen molar-refractivity contribution in [1.29, 1.82) is 0 Å². The van der Waals surface area contributed by atoms with Gasteiger partial charge in [-0.1, -0.05) is 57.7 Å². The van der Waals surface area contributed by atoms with Crippen LogP contribution in [0.25, 0.3) is 0 Å². The molecule has 0 heterocycles. The Balaban J connectivity index is 1.77. The minimum Gasteiger partial charge on any atom is -0.483 e. The Kier molecular flexibility index (Phi) is 7.80. The second-order valence-electron chi connectivity index (χ2n) is 12.8. The van der Waals surface area contributed by atoms with Crippen molar-refractivity contribution in [3.8, 4) is 17.6 Å². The molecule has 0 fully saturated rings. The maximum Gasteiger partial charge on any atom is 0.335 e. The molecule has 0 radical (unpaired) electrons. The summed E-state index contributed by atoms with van der Waals surface area (Å²) in [5.74, 6) is 5.74. The molecule has 0 bridgehead atoms. The molecule has 0 aromatic heterocycles. The van der Waals surface area contributed by atoms with E-state index in [1.54, 1.807) is 12.1 Å². The number of hydrogen-bond acceptors (Lipinski definition) is 4. The lowest BCUT2D eigenvalue weighted by Crippen LogP contribution is -2.36. The fraction of sp³-hybridized carbons (Fsp3) is 0.400. The van der Waals surface area contributed by atoms with Gasteiger partial charge in [0, 0.05) is 30.9 Å². The molecule has 0 saturated carbocycles. The van der Waals surface area contributed by atoms with E-state index in [1.807, 2.05) is 20.2 Å². The first-order valence-corrected chi connectivity index (χ1v) is 13.8. The van der Waals surface area contributed by atoms with Crippen molar-refractivity contribution in [3.05, 3.63) is 94.0 Å². The van der Waals surface area contributed by atoms with Crippen molar-refractivity contribution in [2.75, 3.05) is 19.0 Å². The Morgan fingerprint density at radius 1 is 0.950 bits per heavy atom. The van der Waals surface area contributed by atoms with Crippen molar-refractivity contribution in [2.45, 2.75) is 76.9 Å². The number of carboxylic acid groups (broad SMARTS) is 1. The molecule has 3 aromatic carbocycles. The number of rotatable bonds is 6. The Bertz CT molecular complexity index is 1450. The van der Waals surface area contributed by atoms with Gasteiger partial charge < -0.3 is 19.8 Å². The van der Waals surface area contributed by atoms with Crippen LogP contribution in [0.4, 0.5) is 5.69 Å². The van der Waals surface area contributed by atoms with Gasteiger partial charge in [0.2, 0.25) is 0 Å². The molecule has 1 aliphatic carbocycles. The summed E-state index contributed by atoms with van der Waals surface area (Å²) in [7, 11) is 4.05. The zero-order chi connectivity index (χ0) is 29.5. The van der Waals surface area contributed by atoms with Crippen LogP contribution < -0.4 is 9.64 Å². The molecule has 5 heteroatoms. The van der Waals surface area contributed by atoms with E-state index in [-0.39, 0.29) is 16.4 Å². The number of aromatic carboxylic acids is 1. The van der Waals surface area contributed by atoms with Crippen LogP contribution in [0.2, 0.25) is 0 Å². The van der Waals surface area contributed by atoms with Crippen LogP contribution in [-0.4, -0.2) is 30.3 Å². The fourth-order valence-electron chi connectivity index (χ4n) is 5.42. The zero-order valence-corrected chi connectivity index (χ0v) is 24.9. The molecule has 0 aliphatic heterocycles. The number of aliphatic hydroxyl groups excluding tert-OH is 1. The summed E-state index contributed by atoms with van der Waals surface area (Å²) in [5.41, 5.74) is 5.30. The summed E-state index contributed by atoms with van der Waals surface area (Å²) in [6, 6.07) is 18.8. The van der Waals surface area contributed by atoms with E-state index >= 15 is 0 Å². The molecule has 210 valence electrons. The van der Waals surface area contributed by atoms with Crippen LogP contribution >= 0.6 is 0 Å². The van der Waals surface area contributed by atoms with Crippen molar-refractivity contribution in [3.63, 3.8) is 0 Å². The molecule has 40 heavy (non-hydrogen) atoms. The van der Waals surface area contributed by atoms with E-state index in [0.29, 0.717) is 11.1 Å². The Labute approximate surface area is 238 Å². The highest BCUT2D eigenvalue weighted by Gasteiger charge is 2.41. The van der Waals surface area contributed by atoms with E-state index in [4.69, 9.17) is 9.84 Å². The quantitative estimate of drug-likeness (QED) is 0.324. The molecule has 0 spiro atoms. The first-order valence-electron chi connectivity index (χ1n) is 13.8. The van der Waals surface area contributed by atoms with Gasteiger partial charge in [-0.2, -0.15) is 0 Å². The third kappa shape index (κ3) is 6.03. The van der Waals surface area contributed by atoms with Gasteiger partial charge in [0.15, 0.2) is 0 Å². The van der Waals surface area contributed by atoms with E-state index in [2.05, 4.69) is 88.6 Å². The number of nitrogens with zero attached hydrogens (tertiary/aromatic N) is 1. The first kappa shape index (κ1) is 29.2. The maximum atomic E-state index is 11.2. The normalized spacial score (nSPS) is 16.2. The number of fused-ring (bicyclic) bond motifs is 1. The largest absolute Gasteiger partial charge is 0.483 e. The van der Waals surface area contributed by atoms with Gasteiger partial charge >= 0.3 is 5.97 Å². The molecule has 3 aromatic rings. The Hall–Kier alpha value is -3.75. The van der Waals surface area contributed by atoms with Gasteiger partial charge in [0.25, 0.3) is 0 Å². The van der Waals surface area contributed by atoms with E-state index in [9.17, 15) is 9.90 Å². The average molecular weight is 540 g/mol. The van der Waals surface area contributed by atoms with Gasteiger partial charge in [-0.15, -0.1) is 0 Å². The highest BCUT2D eigenvalue weighted by molar-refractivity contribution is 5.87. The highest BCUT2D eigenvalue weighted by Crippen LogP contribution is 2.51. The van der Waals surface area contributed by atoms with Crippen LogP contribution in [-0.2, 0) is 16.4 Å². The number of aliphatic hydroxyl groups is 1. The molecular formula is C35H41NO4.